The van der Waals surface area contributed by atoms with Crippen molar-refractivity contribution in [1.29, 1.82) is 0 Å². The Hall–Kier alpha value is -10.7. The highest BCUT2D eigenvalue weighted by atomic mass is 15.2. The fourth-order valence-electron chi connectivity index (χ4n) is 15.3. The van der Waals surface area contributed by atoms with E-state index in [0.29, 0.717) is 0 Å². The molecule has 0 spiro atoms. The van der Waals surface area contributed by atoms with Crippen LogP contribution in [0.2, 0.25) is 0 Å². The highest BCUT2D eigenvalue weighted by molar-refractivity contribution is 5.90. The zero-order valence-electron chi connectivity index (χ0n) is 56.0. The molecule has 3 heteroatoms. The van der Waals surface area contributed by atoms with Crippen LogP contribution in [0.4, 0.5) is 51.2 Å². The van der Waals surface area contributed by atoms with E-state index in [1.165, 1.54) is 83.5 Å². The van der Waals surface area contributed by atoms with Gasteiger partial charge in [0.05, 0.1) is 10.8 Å². The molecule has 0 saturated heterocycles. The first-order valence-corrected chi connectivity index (χ1v) is 33.6. The van der Waals surface area contributed by atoms with E-state index < -0.39 is 10.8 Å². The SMILES string of the molecule is CC(C)(C)c1ccc(N(c2ccccc2)c2ccc(C3(c4ccc(N(c5ccc(C(C)(C)C)cc5)c5ccc(C6(c7ccc(N(c8ccccc8)c8ccc(C(C)(C)C)cc8)cc7)c7ccccc7-c7ccccc76)cc5)cc4)c4ccccc4-c4ccccc43)cc2)cc1. The Morgan fingerprint density at radius 1 is 0.179 bits per heavy atom. The molecule has 3 nitrogen and oxygen atoms in total. The van der Waals surface area contributed by atoms with E-state index in [1.807, 2.05) is 0 Å². The van der Waals surface area contributed by atoms with Gasteiger partial charge in [-0.2, -0.15) is 0 Å². The minimum atomic E-state index is -0.616. The summed E-state index contributed by atoms with van der Waals surface area (Å²) in [5.74, 6) is 0. The highest BCUT2D eigenvalue weighted by Crippen LogP contribution is 2.59. The topological polar surface area (TPSA) is 9.72 Å². The molecule has 0 heterocycles. The number of para-hydroxylation sites is 2. The number of rotatable bonds is 13. The van der Waals surface area contributed by atoms with Crippen LogP contribution in [0.25, 0.3) is 22.3 Å². The molecule has 2 aliphatic carbocycles. The molecular weight excluding hydrogens is 1150 g/mol. The minimum Gasteiger partial charge on any atom is -0.311 e. The maximum atomic E-state index is 2.44. The molecule has 15 rings (SSSR count). The zero-order valence-corrected chi connectivity index (χ0v) is 56.0. The van der Waals surface area contributed by atoms with Crippen LogP contribution in [0.15, 0.2) is 328 Å². The summed E-state index contributed by atoms with van der Waals surface area (Å²) in [6, 6.07) is 123. The van der Waals surface area contributed by atoms with Crippen LogP contribution >= 0.6 is 0 Å². The number of anilines is 9. The maximum Gasteiger partial charge on any atom is 0.0713 e. The highest BCUT2D eigenvalue weighted by Gasteiger charge is 2.48. The Labute approximate surface area is 562 Å². The molecule has 13 aromatic carbocycles. The molecule has 0 saturated carbocycles. The smallest absolute Gasteiger partial charge is 0.0713 e. The Kier molecular flexibility index (Phi) is 15.1. The van der Waals surface area contributed by atoms with Crippen molar-refractivity contribution in [2.45, 2.75) is 89.4 Å². The molecule has 0 atom stereocenters. The van der Waals surface area contributed by atoms with E-state index in [1.54, 1.807) is 0 Å². The first kappa shape index (κ1) is 60.5. The van der Waals surface area contributed by atoms with E-state index >= 15 is 0 Å². The minimum absolute atomic E-state index is 0.0114. The van der Waals surface area contributed by atoms with Gasteiger partial charge in [-0.25, -0.2) is 0 Å². The summed E-state index contributed by atoms with van der Waals surface area (Å²) >= 11 is 0. The summed E-state index contributed by atoms with van der Waals surface area (Å²) in [6.45, 7) is 20.5. The summed E-state index contributed by atoms with van der Waals surface area (Å²) in [5, 5.41) is 0. The molecule has 0 amide bonds. The third-order valence-electron chi connectivity index (χ3n) is 20.1. The lowest BCUT2D eigenvalue weighted by atomic mass is 9.67. The van der Waals surface area contributed by atoms with Gasteiger partial charge in [0.1, 0.15) is 0 Å². The van der Waals surface area contributed by atoms with Gasteiger partial charge in [0.2, 0.25) is 0 Å². The largest absolute Gasteiger partial charge is 0.311 e. The molecular formula is C92H81N3. The third-order valence-corrected chi connectivity index (χ3v) is 20.1. The lowest BCUT2D eigenvalue weighted by Crippen LogP contribution is -2.29. The lowest BCUT2D eigenvalue weighted by molar-refractivity contribution is 0.590. The zero-order chi connectivity index (χ0) is 65.3. The molecule has 13 aromatic rings. The van der Waals surface area contributed by atoms with E-state index in [0.717, 1.165) is 51.2 Å². The van der Waals surface area contributed by atoms with Crippen LogP contribution in [0.3, 0.4) is 0 Å². The van der Waals surface area contributed by atoms with Gasteiger partial charge in [-0.15, -0.1) is 0 Å². The van der Waals surface area contributed by atoms with Crippen molar-refractivity contribution >= 4 is 51.2 Å². The molecule has 0 bridgehead atoms. The normalized spacial score (nSPS) is 13.5. The predicted molar refractivity (Wildman–Crippen MR) is 401 cm³/mol. The quantitative estimate of drug-likeness (QED) is 0.114. The van der Waals surface area contributed by atoms with E-state index in [9.17, 15) is 0 Å². The number of fused-ring (bicyclic) bond motifs is 6. The second kappa shape index (κ2) is 23.7. The fraction of sp³-hybridized carbons (Fsp3) is 0.152. The Morgan fingerprint density at radius 2 is 0.347 bits per heavy atom. The van der Waals surface area contributed by atoms with E-state index in [2.05, 4.69) is 405 Å². The maximum absolute atomic E-state index is 2.44. The lowest BCUT2D eigenvalue weighted by Gasteiger charge is -2.36. The van der Waals surface area contributed by atoms with Gasteiger partial charge in [0.25, 0.3) is 0 Å². The number of nitrogens with zero attached hydrogens (tertiary/aromatic N) is 3. The van der Waals surface area contributed by atoms with Gasteiger partial charge in [-0.05, 0) is 209 Å². The second-order valence-corrected chi connectivity index (χ2v) is 28.9. The average Bonchev–Trinajstić information content (AvgIpc) is 1.57. The summed E-state index contributed by atoms with van der Waals surface area (Å²) in [4.78, 5) is 7.19. The average molecular weight is 1230 g/mol. The van der Waals surface area contributed by atoms with E-state index in [4.69, 9.17) is 0 Å². The summed E-state index contributed by atoms with van der Waals surface area (Å²) < 4.78 is 0. The molecule has 464 valence electrons. The van der Waals surface area contributed by atoms with Crippen LogP contribution in [0, 0.1) is 0 Å². The summed E-state index contributed by atoms with van der Waals surface area (Å²) in [7, 11) is 0. The van der Waals surface area contributed by atoms with Crippen molar-refractivity contribution in [2.75, 3.05) is 14.7 Å². The fourth-order valence-corrected chi connectivity index (χ4v) is 15.3. The Morgan fingerprint density at radius 3 is 0.547 bits per heavy atom. The van der Waals surface area contributed by atoms with Crippen molar-refractivity contribution in [3.63, 3.8) is 0 Å². The molecule has 0 unspecified atom stereocenters. The van der Waals surface area contributed by atoms with E-state index in [-0.39, 0.29) is 16.2 Å². The van der Waals surface area contributed by atoms with Crippen molar-refractivity contribution in [2.24, 2.45) is 0 Å². The van der Waals surface area contributed by atoms with Gasteiger partial charge in [0, 0.05) is 51.2 Å². The molecule has 0 N–H and O–H groups in total. The number of benzene rings is 13. The van der Waals surface area contributed by atoms with Crippen molar-refractivity contribution in [3.8, 4) is 22.3 Å². The van der Waals surface area contributed by atoms with Crippen LogP contribution in [-0.4, -0.2) is 0 Å². The second-order valence-electron chi connectivity index (χ2n) is 28.9. The molecule has 0 aromatic heterocycles. The van der Waals surface area contributed by atoms with Crippen LogP contribution < -0.4 is 14.7 Å². The first-order chi connectivity index (χ1) is 46.0. The third kappa shape index (κ3) is 10.5. The standard InChI is InChI=1S/C92H81N3/c1-88(2,3)64-36-50-73(51-37-64)93(71-24-12-10-13-25-71)76-56-42-67(43-57-76)91(84-32-20-16-28-80(84)81-29-17-21-33-85(81)91)69-46-60-78(61-47-69)95(75-54-40-66(41-55-75)90(7,8)9)79-62-48-70(49-63-79)92(86-34-22-18-30-82(86)83-31-19-23-35-87(83)92)68-44-58-77(59-45-68)94(72-26-14-11-15-27-72)74-52-38-65(39-53-74)89(4,5)6/h10-63H,1-9H3. The molecule has 95 heavy (non-hydrogen) atoms. The molecule has 0 aliphatic heterocycles. The predicted octanol–water partition coefficient (Wildman–Crippen LogP) is 24.7. The monoisotopic (exact) mass is 1230 g/mol. The molecule has 0 radical (unpaired) electrons. The molecule has 0 fully saturated rings. The number of hydrogen-bond acceptors (Lipinski definition) is 3. The van der Waals surface area contributed by atoms with Crippen molar-refractivity contribution in [1.82, 2.24) is 0 Å². The van der Waals surface area contributed by atoms with Gasteiger partial charge < -0.3 is 14.7 Å². The van der Waals surface area contributed by atoms with Crippen LogP contribution in [0.5, 0.6) is 0 Å². The van der Waals surface area contributed by atoms with Crippen molar-refractivity contribution in [3.05, 3.63) is 389 Å². The van der Waals surface area contributed by atoms with Gasteiger partial charge in [-0.3, -0.25) is 0 Å². The van der Waals surface area contributed by atoms with Crippen LogP contribution in [0.1, 0.15) is 124 Å². The Balaban J connectivity index is 0.852. The molecule has 2 aliphatic rings. The first-order valence-electron chi connectivity index (χ1n) is 33.6. The van der Waals surface area contributed by atoms with Crippen LogP contribution in [-0.2, 0) is 27.1 Å². The van der Waals surface area contributed by atoms with Gasteiger partial charge in [-0.1, -0.05) is 281 Å². The summed E-state index contributed by atoms with van der Waals surface area (Å²) in [5.41, 5.74) is 27.7. The number of hydrogen-bond donors (Lipinski definition) is 0. The Bertz CT molecular complexity index is 4500. The van der Waals surface area contributed by atoms with Gasteiger partial charge in [0.15, 0.2) is 0 Å². The summed E-state index contributed by atoms with van der Waals surface area (Å²) in [6.07, 6.45) is 0. The van der Waals surface area contributed by atoms with Crippen molar-refractivity contribution < 1.29 is 0 Å². The van der Waals surface area contributed by atoms with Gasteiger partial charge >= 0.3 is 0 Å².